The van der Waals surface area contributed by atoms with E-state index in [1.165, 1.54) is 24.3 Å². The monoisotopic (exact) mass is 356 g/mol. The van der Waals surface area contributed by atoms with Crippen LogP contribution in [0.25, 0.3) is 0 Å². The number of hydrogen-bond acceptors (Lipinski definition) is 2. The molecule has 3 nitrogen and oxygen atoms in total. The third kappa shape index (κ3) is 3.52. The zero-order chi connectivity index (χ0) is 14.7. The largest absolute Gasteiger partial charge is 0.478 e. The second-order valence-corrected chi connectivity index (χ2v) is 6.43. The fraction of sp³-hybridized carbons (Fsp3) is 0.0714. The number of aromatic carboxylic acids is 1. The van der Waals surface area contributed by atoms with Crippen LogP contribution in [0.4, 0.5) is 4.39 Å². The van der Waals surface area contributed by atoms with Crippen LogP contribution >= 0.6 is 15.9 Å². The van der Waals surface area contributed by atoms with E-state index in [0.717, 1.165) is 0 Å². The lowest BCUT2D eigenvalue weighted by molar-refractivity contribution is 0.0696. The molecule has 0 aliphatic carbocycles. The minimum Gasteiger partial charge on any atom is -0.478 e. The van der Waals surface area contributed by atoms with Gasteiger partial charge in [0.25, 0.3) is 0 Å². The van der Waals surface area contributed by atoms with Crippen molar-refractivity contribution >= 4 is 32.7 Å². The summed E-state index contributed by atoms with van der Waals surface area (Å²) in [6, 6.07) is 10.4. The second kappa shape index (κ2) is 6.28. The van der Waals surface area contributed by atoms with E-state index in [-0.39, 0.29) is 11.3 Å². The first-order valence-corrected chi connectivity index (χ1v) is 7.74. The molecule has 0 aliphatic rings. The summed E-state index contributed by atoms with van der Waals surface area (Å²) in [6.07, 6.45) is 0. The molecule has 1 unspecified atom stereocenters. The molecule has 0 amide bonds. The highest BCUT2D eigenvalue weighted by Gasteiger charge is 2.11. The van der Waals surface area contributed by atoms with Gasteiger partial charge in [0.05, 0.1) is 22.1 Å². The number of hydrogen-bond donors (Lipinski definition) is 1. The molecule has 0 saturated heterocycles. The van der Waals surface area contributed by atoms with Crippen molar-refractivity contribution in [3.63, 3.8) is 0 Å². The highest BCUT2D eigenvalue weighted by molar-refractivity contribution is 9.10. The van der Waals surface area contributed by atoms with Gasteiger partial charge in [-0.2, -0.15) is 0 Å². The SMILES string of the molecule is O=C(O)c1cccc(S(=O)Cc2ccc(Br)cc2F)c1. The summed E-state index contributed by atoms with van der Waals surface area (Å²) in [6.45, 7) is 0. The van der Waals surface area contributed by atoms with Gasteiger partial charge >= 0.3 is 5.97 Å². The molecule has 2 rings (SSSR count). The van der Waals surface area contributed by atoms with Crippen LogP contribution in [0.5, 0.6) is 0 Å². The van der Waals surface area contributed by atoms with Gasteiger partial charge in [0.15, 0.2) is 0 Å². The quantitative estimate of drug-likeness (QED) is 0.910. The lowest BCUT2D eigenvalue weighted by Crippen LogP contribution is -2.02. The lowest BCUT2D eigenvalue weighted by atomic mass is 10.2. The second-order valence-electron chi connectivity index (χ2n) is 4.06. The molecule has 0 heterocycles. The third-order valence-electron chi connectivity index (χ3n) is 2.65. The average Bonchev–Trinajstić information content (AvgIpc) is 2.42. The highest BCUT2D eigenvalue weighted by atomic mass is 79.9. The molecular formula is C14H10BrFO3S. The fourth-order valence-corrected chi connectivity index (χ4v) is 3.14. The maximum Gasteiger partial charge on any atom is 0.335 e. The van der Waals surface area contributed by atoms with Crippen molar-refractivity contribution in [2.45, 2.75) is 10.6 Å². The Morgan fingerprint density at radius 2 is 2.00 bits per heavy atom. The van der Waals surface area contributed by atoms with E-state index in [1.54, 1.807) is 18.2 Å². The first-order chi connectivity index (χ1) is 9.47. The van der Waals surface area contributed by atoms with Crippen molar-refractivity contribution in [1.29, 1.82) is 0 Å². The van der Waals surface area contributed by atoms with Crippen molar-refractivity contribution in [2.24, 2.45) is 0 Å². The van der Waals surface area contributed by atoms with Crippen LogP contribution in [0.15, 0.2) is 51.8 Å². The van der Waals surface area contributed by atoms with Gasteiger partial charge in [-0.1, -0.05) is 28.1 Å². The molecular weight excluding hydrogens is 347 g/mol. The smallest absolute Gasteiger partial charge is 0.335 e. The highest BCUT2D eigenvalue weighted by Crippen LogP contribution is 2.19. The van der Waals surface area contributed by atoms with Crippen molar-refractivity contribution in [3.8, 4) is 0 Å². The maximum atomic E-state index is 13.7. The summed E-state index contributed by atoms with van der Waals surface area (Å²) in [5, 5.41) is 8.89. The minimum atomic E-state index is -1.50. The Morgan fingerprint density at radius 1 is 1.25 bits per heavy atom. The Bertz CT molecular complexity index is 688. The molecule has 6 heteroatoms. The van der Waals surface area contributed by atoms with Gasteiger partial charge in [0.2, 0.25) is 0 Å². The first kappa shape index (κ1) is 14.9. The van der Waals surface area contributed by atoms with E-state index < -0.39 is 22.6 Å². The van der Waals surface area contributed by atoms with E-state index >= 15 is 0 Å². The van der Waals surface area contributed by atoms with Gasteiger partial charge in [-0.15, -0.1) is 0 Å². The van der Waals surface area contributed by atoms with E-state index in [0.29, 0.717) is 14.9 Å². The van der Waals surface area contributed by atoms with Crippen molar-refractivity contribution in [2.75, 3.05) is 0 Å². The van der Waals surface area contributed by atoms with E-state index in [9.17, 15) is 13.4 Å². The molecule has 1 atom stereocenters. The van der Waals surface area contributed by atoms with Crippen LogP contribution in [-0.2, 0) is 16.6 Å². The van der Waals surface area contributed by atoms with Crippen molar-refractivity contribution < 1.29 is 18.5 Å². The topological polar surface area (TPSA) is 54.4 Å². The van der Waals surface area contributed by atoms with E-state index in [4.69, 9.17) is 5.11 Å². The molecule has 104 valence electrons. The molecule has 1 N–H and O–H groups in total. The van der Waals surface area contributed by atoms with Gasteiger partial charge in [-0.05, 0) is 30.3 Å². The van der Waals surface area contributed by atoms with Crippen LogP contribution in [0.1, 0.15) is 15.9 Å². The fourth-order valence-electron chi connectivity index (χ4n) is 1.63. The molecule has 0 fully saturated rings. The summed E-state index contributed by atoms with van der Waals surface area (Å²) < 4.78 is 26.5. The molecule has 20 heavy (non-hydrogen) atoms. The van der Waals surface area contributed by atoms with Crippen molar-refractivity contribution in [1.82, 2.24) is 0 Å². The van der Waals surface area contributed by atoms with E-state index in [1.807, 2.05) is 0 Å². The Labute approximate surface area is 126 Å². The molecule has 2 aromatic rings. The number of halogens is 2. The molecule has 2 aromatic carbocycles. The molecule has 0 spiro atoms. The van der Waals surface area contributed by atoms with Gasteiger partial charge < -0.3 is 5.11 Å². The number of carboxylic acid groups (broad SMARTS) is 1. The molecule has 0 saturated carbocycles. The summed E-state index contributed by atoms with van der Waals surface area (Å²) in [7, 11) is -1.50. The minimum absolute atomic E-state index is 0.00217. The van der Waals surface area contributed by atoms with Gasteiger partial charge in [-0.25, -0.2) is 9.18 Å². The molecule has 0 aromatic heterocycles. The molecule has 0 aliphatic heterocycles. The summed E-state index contributed by atoms with van der Waals surface area (Å²) in [5.74, 6) is -1.52. The van der Waals surface area contributed by atoms with Crippen LogP contribution in [0, 0.1) is 5.82 Å². The molecule has 0 radical (unpaired) electrons. The third-order valence-corrected chi connectivity index (χ3v) is 4.49. The van der Waals surface area contributed by atoms with Crippen LogP contribution in [0.3, 0.4) is 0 Å². The summed E-state index contributed by atoms with van der Waals surface area (Å²) in [5.41, 5.74) is 0.388. The number of carboxylic acids is 1. The Morgan fingerprint density at radius 3 is 2.65 bits per heavy atom. The Kier molecular flexibility index (Phi) is 4.67. The summed E-state index contributed by atoms with van der Waals surface area (Å²) in [4.78, 5) is 11.2. The van der Waals surface area contributed by atoms with E-state index in [2.05, 4.69) is 15.9 Å². The number of benzene rings is 2. The lowest BCUT2D eigenvalue weighted by Gasteiger charge is -2.05. The maximum absolute atomic E-state index is 13.7. The Hall–Kier alpha value is -1.53. The first-order valence-electron chi connectivity index (χ1n) is 5.63. The zero-order valence-electron chi connectivity index (χ0n) is 10.2. The standard InChI is InChI=1S/C14H10BrFO3S/c15-11-5-4-10(13(16)7-11)8-20(19)12-3-1-2-9(6-12)14(17)18/h1-7H,8H2,(H,17,18). The average molecular weight is 357 g/mol. The zero-order valence-corrected chi connectivity index (χ0v) is 12.6. The molecule has 0 bridgehead atoms. The van der Waals surface area contributed by atoms with Gasteiger partial charge in [-0.3, -0.25) is 4.21 Å². The number of carbonyl (C=O) groups is 1. The normalized spacial score (nSPS) is 12.1. The van der Waals surface area contributed by atoms with Crippen LogP contribution in [0.2, 0.25) is 0 Å². The summed E-state index contributed by atoms with van der Waals surface area (Å²) >= 11 is 3.15. The number of rotatable bonds is 4. The predicted octanol–water partition coefficient (Wildman–Crippen LogP) is 3.59. The Balaban J connectivity index is 2.24. The van der Waals surface area contributed by atoms with Crippen LogP contribution in [-0.4, -0.2) is 15.3 Å². The van der Waals surface area contributed by atoms with Crippen LogP contribution < -0.4 is 0 Å². The van der Waals surface area contributed by atoms with Gasteiger partial charge in [0, 0.05) is 14.9 Å². The van der Waals surface area contributed by atoms with Crippen molar-refractivity contribution in [3.05, 3.63) is 63.9 Å². The van der Waals surface area contributed by atoms with Gasteiger partial charge in [0.1, 0.15) is 5.82 Å². The predicted molar refractivity (Wildman–Crippen MR) is 77.6 cm³/mol.